The lowest BCUT2D eigenvalue weighted by molar-refractivity contribution is -0.160. The maximum absolute atomic E-state index is 13.7. The lowest BCUT2D eigenvalue weighted by Gasteiger charge is -2.26. The molecule has 5 amide bonds. The fraction of sp³-hybridized carbons (Fsp3) is 0.841. The summed E-state index contributed by atoms with van der Waals surface area (Å²) in [6, 6.07) is -4.56. The van der Waals surface area contributed by atoms with Gasteiger partial charge in [-0.15, -0.1) is 0 Å². The number of aliphatic carboxylic acids is 1. The maximum atomic E-state index is 13.7. The summed E-state index contributed by atoms with van der Waals surface area (Å²) in [5.41, 5.74) is 22.6. The van der Waals surface area contributed by atoms with Gasteiger partial charge >= 0.3 is 11.9 Å². The van der Waals surface area contributed by atoms with Crippen LogP contribution in [0.25, 0.3) is 0 Å². The van der Waals surface area contributed by atoms with Crippen LogP contribution in [0.5, 0.6) is 0 Å². The van der Waals surface area contributed by atoms with Crippen LogP contribution in [0.15, 0.2) is 0 Å². The number of esters is 1. The Balaban J connectivity index is 5.36. The third-order valence-corrected chi connectivity index (χ3v) is 10.7. The van der Waals surface area contributed by atoms with Crippen LogP contribution in [-0.4, -0.2) is 121 Å². The van der Waals surface area contributed by atoms with Crippen molar-refractivity contribution in [2.45, 2.75) is 205 Å². The van der Waals surface area contributed by atoms with Gasteiger partial charge in [0.1, 0.15) is 18.4 Å². The normalized spacial score (nSPS) is 13.6. The zero-order valence-electron chi connectivity index (χ0n) is 38.9. The highest BCUT2D eigenvalue weighted by Crippen LogP contribution is 2.14. The monoisotopic (exact) mass is 915 g/mol. The van der Waals surface area contributed by atoms with E-state index >= 15 is 0 Å². The Kier molecular flexibility index (Phi) is 37.0. The molecule has 0 aromatic rings. The Morgan fingerprint density at radius 2 is 1.12 bits per heavy atom. The number of ether oxygens (including phenoxy) is 1. The first kappa shape index (κ1) is 60.1. The van der Waals surface area contributed by atoms with Gasteiger partial charge in [-0.25, -0.2) is 4.79 Å². The summed E-state index contributed by atoms with van der Waals surface area (Å²) in [7, 11) is 0. The van der Waals surface area contributed by atoms with E-state index in [1.54, 1.807) is 0 Å². The highest BCUT2D eigenvalue weighted by Gasteiger charge is 2.33. The number of unbranched alkanes of at least 4 members (excludes halogenated alkanes) is 14. The first-order chi connectivity index (χ1) is 30.7. The number of carbonyl (C=O) groups is 7. The van der Waals surface area contributed by atoms with Gasteiger partial charge in [0, 0.05) is 25.4 Å². The van der Waals surface area contributed by atoms with E-state index in [9.17, 15) is 43.8 Å². The van der Waals surface area contributed by atoms with E-state index in [1.165, 1.54) is 57.8 Å². The van der Waals surface area contributed by atoms with Gasteiger partial charge in [-0.3, -0.25) is 34.1 Å². The Hall–Kier alpha value is -3.95. The molecule has 0 bridgehead atoms. The Labute approximate surface area is 381 Å². The number of carboxylic acids is 1. The van der Waals surface area contributed by atoms with Crippen LogP contribution in [0.2, 0.25) is 0 Å². The van der Waals surface area contributed by atoms with Gasteiger partial charge in [0.2, 0.25) is 23.6 Å². The molecule has 0 aromatic heterocycles. The van der Waals surface area contributed by atoms with Crippen molar-refractivity contribution in [1.82, 2.24) is 31.9 Å². The zero-order chi connectivity index (χ0) is 48.0. The van der Waals surface area contributed by atoms with Crippen molar-refractivity contribution < 1.29 is 48.5 Å². The molecule has 0 spiro atoms. The average Bonchev–Trinajstić information content (AvgIpc) is 3.26. The molecule has 0 fully saturated rings. The van der Waals surface area contributed by atoms with Gasteiger partial charge in [-0.05, 0) is 70.9 Å². The zero-order valence-corrected chi connectivity index (χ0v) is 38.9. The SMILES string of the molecule is CCCCCCCCCCCCCCCC(=O)NCC(=O)NC(CO)C(=O)OC(CCCC)C(=O)NC(CCC(=O)O)C(=O)NC(CCCCN)C(=O)NC(CN)CCCNC(N)N. The van der Waals surface area contributed by atoms with E-state index in [1.807, 2.05) is 6.92 Å². The third-order valence-electron chi connectivity index (χ3n) is 10.7. The van der Waals surface area contributed by atoms with Crippen LogP contribution < -0.4 is 54.8 Å². The molecule has 0 aliphatic carbocycles. The molecule has 5 unspecified atom stereocenters. The molecule has 0 aromatic carbocycles. The number of nitrogens with two attached hydrogens (primary N) is 4. The highest BCUT2D eigenvalue weighted by atomic mass is 16.6. The van der Waals surface area contributed by atoms with Crippen LogP contribution in [0.4, 0.5) is 0 Å². The van der Waals surface area contributed by atoms with E-state index in [-0.39, 0.29) is 38.1 Å². The van der Waals surface area contributed by atoms with E-state index < -0.39 is 91.7 Å². The van der Waals surface area contributed by atoms with Crippen LogP contribution in [-0.2, 0) is 38.3 Å². The van der Waals surface area contributed by atoms with Crippen molar-refractivity contribution >= 4 is 41.5 Å². The number of carboxylic acid groups (broad SMARTS) is 1. The number of rotatable bonds is 42. The molecule has 372 valence electrons. The quantitative estimate of drug-likeness (QED) is 0.0232. The van der Waals surface area contributed by atoms with Crippen molar-refractivity contribution in [3.8, 4) is 0 Å². The van der Waals surface area contributed by atoms with E-state index in [0.29, 0.717) is 58.0 Å². The van der Waals surface area contributed by atoms with Crippen LogP contribution in [0.1, 0.15) is 168 Å². The molecule has 64 heavy (non-hydrogen) atoms. The molecule has 0 heterocycles. The van der Waals surface area contributed by atoms with Crippen LogP contribution in [0.3, 0.4) is 0 Å². The first-order valence-electron chi connectivity index (χ1n) is 23.9. The van der Waals surface area contributed by atoms with Gasteiger partial charge in [-0.2, -0.15) is 0 Å². The van der Waals surface area contributed by atoms with Gasteiger partial charge in [-0.1, -0.05) is 97.3 Å². The highest BCUT2D eigenvalue weighted by molar-refractivity contribution is 5.94. The molecule has 0 aliphatic heterocycles. The number of carbonyl (C=O) groups excluding carboxylic acids is 6. The number of amides is 5. The molecular weight excluding hydrogens is 829 g/mol. The molecule has 0 aliphatic rings. The first-order valence-corrected chi connectivity index (χ1v) is 23.9. The maximum Gasteiger partial charge on any atom is 0.331 e. The number of aliphatic hydroxyl groups is 1. The number of aliphatic hydroxyl groups excluding tert-OH is 1. The van der Waals surface area contributed by atoms with Crippen molar-refractivity contribution in [2.24, 2.45) is 22.9 Å². The largest absolute Gasteiger partial charge is 0.481 e. The molecular formula is C44H86N10O10. The molecule has 20 nitrogen and oxygen atoms in total. The number of hydrogen-bond acceptors (Lipinski definition) is 14. The minimum atomic E-state index is -1.58. The second-order valence-corrected chi connectivity index (χ2v) is 16.5. The number of nitrogens with one attached hydrogen (secondary N) is 6. The molecule has 0 saturated heterocycles. The van der Waals surface area contributed by atoms with Crippen molar-refractivity contribution in [2.75, 3.05) is 32.8 Å². The van der Waals surface area contributed by atoms with E-state index in [2.05, 4.69) is 38.8 Å². The summed E-state index contributed by atoms with van der Waals surface area (Å²) in [6.07, 6.45) is 15.7. The lowest BCUT2D eigenvalue weighted by Crippen LogP contribution is -2.57. The lowest BCUT2D eigenvalue weighted by atomic mass is 10.0. The van der Waals surface area contributed by atoms with E-state index in [4.69, 9.17) is 27.7 Å². The second-order valence-electron chi connectivity index (χ2n) is 16.5. The Morgan fingerprint density at radius 3 is 1.67 bits per heavy atom. The molecule has 16 N–H and O–H groups in total. The van der Waals surface area contributed by atoms with Gasteiger partial charge in [0.25, 0.3) is 5.91 Å². The topological polar surface area (TPSA) is 345 Å². The Morgan fingerprint density at radius 1 is 0.562 bits per heavy atom. The van der Waals surface area contributed by atoms with Gasteiger partial charge in [0.15, 0.2) is 12.1 Å². The van der Waals surface area contributed by atoms with Gasteiger partial charge < -0.3 is 64.5 Å². The molecule has 5 atom stereocenters. The molecule has 20 heteroatoms. The fourth-order valence-corrected chi connectivity index (χ4v) is 6.85. The number of hydrogen-bond donors (Lipinski definition) is 12. The minimum absolute atomic E-state index is 0.0000224. The smallest absolute Gasteiger partial charge is 0.331 e. The summed E-state index contributed by atoms with van der Waals surface area (Å²) < 4.78 is 5.46. The van der Waals surface area contributed by atoms with Crippen LogP contribution >= 0.6 is 0 Å². The predicted octanol–water partition coefficient (Wildman–Crippen LogP) is 1.14. The summed E-state index contributed by atoms with van der Waals surface area (Å²) in [6.45, 7) is 3.67. The standard InChI is InChI=1S/C44H86N10O10/c1-3-5-7-8-9-10-11-12-13-14-15-16-17-24-37(56)50-30-38(57)52-35(31-55)43(63)64-36(23-6-4-2)42(62)54-34(25-26-39(58)59)41(61)53-33(22-18-19-27-45)40(60)51-32(29-46)21-20-28-49-44(47)48/h32-36,44,49,55H,3-31,45-48H2,1-2H3,(H,50,56)(H,51,60)(H,52,57)(H,53,61)(H,54,62)(H,58,59). The van der Waals surface area contributed by atoms with Crippen LogP contribution in [0, 0.1) is 0 Å². The van der Waals surface area contributed by atoms with Crippen molar-refractivity contribution in [3.63, 3.8) is 0 Å². The van der Waals surface area contributed by atoms with Gasteiger partial charge in [0.05, 0.1) is 13.2 Å². The van der Waals surface area contributed by atoms with Crippen molar-refractivity contribution in [1.29, 1.82) is 0 Å². The summed E-state index contributed by atoms with van der Waals surface area (Å²) in [5.74, 6) is -5.76. The van der Waals surface area contributed by atoms with E-state index in [0.717, 1.165) is 19.3 Å². The molecule has 0 saturated carbocycles. The summed E-state index contributed by atoms with van der Waals surface area (Å²) in [5, 5.41) is 35.0. The molecule has 0 radical (unpaired) electrons. The predicted molar refractivity (Wildman–Crippen MR) is 246 cm³/mol. The van der Waals surface area contributed by atoms with Crippen molar-refractivity contribution in [3.05, 3.63) is 0 Å². The summed E-state index contributed by atoms with van der Waals surface area (Å²) >= 11 is 0. The second kappa shape index (κ2) is 39.4. The third kappa shape index (κ3) is 31.8. The summed E-state index contributed by atoms with van der Waals surface area (Å²) in [4.78, 5) is 90.5. The minimum Gasteiger partial charge on any atom is -0.481 e. The molecule has 0 rings (SSSR count). The fourth-order valence-electron chi connectivity index (χ4n) is 6.85. The Bertz CT molecular complexity index is 1310. The average molecular weight is 915 g/mol.